The Labute approximate surface area is 145 Å². The minimum absolute atomic E-state index is 0.242. The highest BCUT2D eigenvalue weighted by atomic mass is 32.1. The van der Waals surface area contributed by atoms with E-state index in [4.69, 9.17) is 9.47 Å². The second kappa shape index (κ2) is 6.53. The second-order valence-corrected chi connectivity index (χ2v) is 7.10. The number of rotatable bonds is 2. The standard InChI is InChI=1S/C18H20N2O3S/c21-17(22-12-14-4-2-1-3-5-14)20-9-7-18(8-10-20)16-15(6-11-23-18)19-13-24-16/h1-5,13H,6-12H2. The number of ether oxygens (including phenoxy) is 2. The normalized spacial score (nSPS) is 19.1. The highest BCUT2D eigenvalue weighted by Gasteiger charge is 2.43. The molecule has 0 aliphatic carbocycles. The molecule has 0 atom stereocenters. The molecule has 0 radical (unpaired) electrons. The zero-order valence-corrected chi connectivity index (χ0v) is 14.3. The van der Waals surface area contributed by atoms with Gasteiger partial charge in [0.25, 0.3) is 0 Å². The van der Waals surface area contributed by atoms with Crippen molar-refractivity contribution in [2.24, 2.45) is 0 Å². The maximum atomic E-state index is 12.3. The van der Waals surface area contributed by atoms with Crippen LogP contribution in [0.25, 0.3) is 0 Å². The molecule has 3 heterocycles. The van der Waals surface area contributed by atoms with Gasteiger partial charge >= 0.3 is 6.09 Å². The van der Waals surface area contributed by atoms with Gasteiger partial charge in [0, 0.05) is 19.5 Å². The number of thiazole rings is 1. The first kappa shape index (κ1) is 15.6. The third kappa shape index (κ3) is 2.91. The number of benzene rings is 1. The van der Waals surface area contributed by atoms with Crippen molar-refractivity contribution in [1.82, 2.24) is 9.88 Å². The van der Waals surface area contributed by atoms with E-state index in [1.54, 1.807) is 16.2 Å². The van der Waals surface area contributed by atoms with Crippen LogP contribution >= 0.6 is 11.3 Å². The monoisotopic (exact) mass is 344 g/mol. The molecule has 24 heavy (non-hydrogen) atoms. The van der Waals surface area contributed by atoms with Crippen molar-refractivity contribution in [3.63, 3.8) is 0 Å². The molecule has 1 aromatic heterocycles. The van der Waals surface area contributed by atoms with Crippen LogP contribution < -0.4 is 0 Å². The van der Waals surface area contributed by atoms with Crippen molar-refractivity contribution in [2.45, 2.75) is 31.5 Å². The zero-order valence-electron chi connectivity index (χ0n) is 13.4. The van der Waals surface area contributed by atoms with Crippen LogP contribution in [0, 0.1) is 0 Å². The molecule has 6 heteroatoms. The van der Waals surface area contributed by atoms with Gasteiger partial charge in [-0.2, -0.15) is 0 Å². The molecule has 4 rings (SSSR count). The maximum Gasteiger partial charge on any atom is 0.410 e. The summed E-state index contributed by atoms with van der Waals surface area (Å²) in [6.07, 6.45) is 2.27. The van der Waals surface area contributed by atoms with E-state index in [2.05, 4.69) is 4.98 Å². The van der Waals surface area contributed by atoms with Crippen LogP contribution in [0.3, 0.4) is 0 Å². The molecule has 126 valence electrons. The third-order valence-corrected chi connectivity index (χ3v) is 5.86. The topological polar surface area (TPSA) is 51.7 Å². The van der Waals surface area contributed by atoms with E-state index in [1.807, 2.05) is 35.8 Å². The van der Waals surface area contributed by atoms with Crippen LogP contribution in [0.2, 0.25) is 0 Å². The summed E-state index contributed by atoms with van der Waals surface area (Å²) in [4.78, 5) is 19.8. The highest BCUT2D eigenvalue weighted by molar-refractivity contribution is 7.09. The van der Waals surface area contributed by atoms with Crippen molar-refractivity contribution in [2.75, 3.05) is 19.7 Å². The van der Waals surface area contributed by atoms with E-state index in [1.165, 1.54) is 10.6 Å². The summed E-state index contributed by atoms with van der Waals surface area (Å²) in [6, 6.07) is 9.76. The van der Waals surface area contributed by atoms with Gasteiger partial charge < -0.3 is 14.4 Å². The van der Waals surface area contributed by atoms with Crippen LogP contribution in [0.5, 0.6) is 0 Å². The third-order valence-electron chi connectivity index (χ3n) is 4.81. The average molecular weight is 344 g/mol. The molecule has 0 unspecified atom stereocenters. The molecular weight excluding hydrogens is 324 g/mol. The van der Waals surface area contributed by atoms with E-state index in [9.17, 15) is 4.79 Å². The fourth-order valence-electron chi connectivity index (χ4n) is 3.46. The SMILES string of the molecule is O=C(OCc1ccccc1)N1CCC2(CC1)OCCc1ncsc12. The molecule has 2 aliphatic rings. The quantitative estimate of drug-likeness (QED) is 0.838. The van der Waals surface area contributed by atoms with Gasteiger partial charge in [0.2, 0.25) is 0 Å². The number of amides is 1. The fourth-order valence-corrected chi connectivity index (χ4v) is 4.51. The van der Waals surface area contributed by atoms with Crippen LogP contribution in [0.4, 0.5) is 4.79 Å². The van der Waals surface area contributed by atoms with Crippen molar-refractivity contribution >= 4 is 17.4 Å². The molecule has 1 saturated heterocycles. The lowest BCUT2D eigenvalue weighted by atomic mass is 9.86. The van der Waals surface area contributed by atoms with Gasteiger partial charge in [-0.1, -0.05) is 30.3 Å². The number of aromatic nitrogens is 1. The summed E-state index contributed by atoms with van der Waals surface area (Å²) in [7, 11) is 0. The number of carbonyl (C=O) groups excluding carboxylic acids is 1. The fraction of sp³-hybridized carbons (Fsp3) is 0.444. The molecule has 0 saturated carbocycles. The van der Waals surface area contributed by atoms with Crippen molar-refractivity contribution in [3.8, 4) is 0 Å². The molecule has 0 N–H and O–H groups in total. The number of carbonyl (C=O) groups is 1. The van der Waals surface area contributed by atoms with Crippen molar-refractivity contribution in [1.29, 1.82) is 0 Å². The largest absolute Gasteiger partial charge is 0.445 e. The van der Waals surface area contributed by atoms with Gasteiger partial charge in [0.1, 0.15) is 12.2 Å². The Morgan fingerprint density at radius 1 is 1.29 bits per heavy atom. The van der Waals surface area contributed by atoms with E-state index < -0.39 is 0 Å². The van der Waals surface area contributed by atoms with E-state index in [-0.39, 0.29) is 11.7 Å². The van der Waals surface area contributed by atoms with Gasteiger partial charge in [-0.25, -0.2) is 9.78 Å². The molecule has 1 fully saturated rings. The first-order valence-electron chi connectivity index (χ1n) is 8.29. The number of hydrogen-bond donors (Lipinski definition) is 0. The lowest BCUT2D eigenvalue weighted by molar-refractivity contribution is -0.0933. The Kier molecular flexibility index (Phi) is 4.24. The van der Waals surface area contributed by atoms with Crippen molar-refractivity contribution < 1.29 is 14.3 Å². The first-order chi connectivity index (χ1) is 11.8. The summed E-state index contributed by atoms with van der Waals surface area (Å²) in [5.74, 6) is 0. The van der Waals surface area contributed by atoms with Gasteiger partial charge in [-0.05, 0) is 18.4 Å². The Bertz CT molecular complexity index is 708. The van der Waals surface area contributed by atoms with Gasteiger partial charge in [0.15, 0.2) is 0 Å². The smallest absolute Gasteiger partial charge is 0.410 e. The number of nitrogens with zero attached hydrogens (tertiary/aromatic N) is 2. The number of piperidine rings is 1. The highest BCUT2D eigenvalue weighted by Crippen LogP contribution is 2.43. The van der Waals surface area contributed by atoms with Gasteiger partial charge in [0.05, 0.1) is 22.7 Å². The van der Waals surface area contributed by atoms with E-state index in [0.29, 0.717) is 19.7 Å². The molecule has 1 spiro atoms. The van der Waals surface area contributed by atoms with Gasteiger partial charge in [-0.3, -0.25) is 0 Å². The molecular formula is C18H20N2O3S. The van der Waals surface area contributed by atoms with Gasteiger partial charge in [-0.15, -0.1) is 11.3 Å². The number of fused-ring (bicyclic) bond motifs is 2. The number of likely N-dealkylation sites (tertiary alicyclic amines) is 1. The molecule has 5 nitrogen and oxygen atoms in total. The number of hydrogen-bond acceptors (Lipinski definition) is 5. The predicted octanol–water partition coefficient (Wildman–Crippen LogP) is 3.34. The summed E-state index contributed by atoms with van der Waals surface area (Å²) in [5.41, 5.74) is 3.84. The molecule has 0 bridgehead atoms. The average Bonchev–Trinajstić information content (AvgIpc) is 3.12. The maximum absolute atomic E-state index is 12.3. The Morgan fingerprint density at radius 2 is 2.08 bits per heavy atom. The Morgan fingerprint density at radius 3 is 2.88 bits per heavy atom. The Hall–Kier alpha value is -1.92. The lowest BCUT2D eigenvalue weighted by Gasteiger charge is -2.42. The molecule has 2 aromatic rings. The summed E-state index contributed by atoms with van der Waals surface area (Å²) in [5, 5.41) is 0. The van der Waals surface area contributed by atoms with Crippen LogP contribution in [0.15, 0.2) is 35.8 Å². The predicted molar refractivity (Wildman–Crippen MR) is 90.9 cm³/mol. The minimum Gasteiger partial charge on any atom is -0.445 e. The first-order valence-corrected chi connectivity index (χ1v) is 9.17. The summed E-state index contributed by atoms with van der Waals surface area (Å²) in [6.45, 7) is 2.35. The summed E-state index contributed by atoms with van der Waals surface area (Å²) < 4.78 is 11.6. The molecule has 2 aliphatic heterocycles. The summed E-state index contributed by atoms with van der Waals surface area (Å²) >= 11 is 1.68. The lowest BCUT2D eigenvalue weighted by Crippen LogP contribution is -2.48. The molecule has 1 amide bonds. The van der Waals surface area contributed by atoms with Crippen molar-refractivity contribution in [3.05, 3.63) is 52.0 Å². The van der Waals surface area contributed by atoms with Crippen LogP contribution in [0.1, 0.15) is 29.0 Å². The van der Waals surface area contributed by atoms with Crippen LogP contribution in [-0.2, 0) is 28.1 Å². The zero-order chi connectivity index (χ0) is 16.4. The Balaban J connectivity index is 1.36. The van der Waals surface area contributed by atoms with E-state index >= 15 is 0 Å². The van der Waals surface area contributed by atoms with Crippen LogP contribution in [-0.4, -0.2) is 35.7 Å². The second-order valence-electron chi connectivity index (χ2n) is 6.25. The van der Waals surface area contributed by atoms with E-state index in [0.717, 1.165) is 31.4 Å². The molecule has 1 aromatic carbocycles. The minimum atomic E-state index is -0.245.